The lowest BCUT2D eigenvalue weighted by molar-refractivity contribution is 0.0866. The van der Waals surface area contributed by atoms with Gasteiger partial charge in [-0.15, -0.1) is 0 Å². The van der Waals surface area contributed by atoms with Crippen LogP contribution in [0.5, 0.6) is 5.75 Å². The summed E-state index contributed by atoms with van der Waals surface area (Å²) in [5.41, 5.74) is 2.71. The molecule has 1 aromatic carbocycles. The van der Waals surface area contributed by atoms with Gasteiger partial charge in [0.1, 0.15) is 11.9 Å². The van der Waals surface area contributed by atoms with Crippen LogP contribution in [0.2, 0.25) is 0 Å². The van der Waals surface area contributed by atoms with Gasteiger partial charge in [0.05, 0.1) is 0 Å². The number of nitrogens with zero attached hydrogens (tertiary/aromatic N) is 1. The Bertz CT molecular complexity index is 474. The maximum Gasteiger partial charge on any atom is 0.123 e. The molecular weight excluding hydrogens is 248 g/mol. The summed E-state index contributed by atoms with van der Waals surface area (Å²) >= 11 is 0. The Balaban J connectivity index is 1.62. The fourth-order valence-electron chi connectivity index (χ4n) is 3.33. The first-order chi connectivity index (χ1) is 9.65. The first-order valence-electron chi connectivity index (χ1n) is 7.89. The van der Waals surface area contributed by atoms with Crippen LogP contribution >= 0.6 is 0 Å². The molecule has 3 heteroatoms. The van der Waals surface area contributed by atoms with Crippen molar-refractivity contribution in [1.29, 1.82) is 0 Å². The van der Waals surface area contributed by atoms with E-state index in [1.165, 1.54) is 17.5 Å². The van der Waals surface area contributed by atoms with Gasteiger partial charge in [0.15, 0.2) is 0 Å². The molecule has 3 atom stereocenters. The minimum Gasteiger partial charge on any atom is -0.488 e. The van der Waals surface area contributed by atoms with E-state index in [2.05, 4.69) is 49.2 Å². The summed E-state index contributed by atoms with van der Waals surface area (Å²) in [6.07, 6.45) is 2.59. The Kier molecular flexibility index (Phi) is 3.99. The minimum absolute atomic E-state index is 0.324. The molecule has 2 heterocycles. The summed E-state index contributed by atoms with van der Waals surface area (Å²) < 4.78 is 6.12. The van der Waals surface area contributed by atoms with Crippen LogP contribution in [-0.2, 0) is 6.42 Å². The van der Waals surface area contributed by atoms with Crippen LogP contribution in [0.25, 0.3) is 0 Å². The van der Waals surface area contributed by atoms with Crippen molar-refractivity contribution in [1.82, 2.24) is 10.2 Å². The molecule has 3 rings (SSSR count). The summed E-state index contributed by atoms with van der Waals surface area (Å²) in [6, 6.07) is 7.78. The summed E-state index contributed by atoms with van der Waals surface area (Å²) in [4.78, 5) is 2.59. The van der Waals surface area contributed by atoms with E-state index in [1.54, 1.807) is 0 Å². The largest absolute Gasteiger partial charge is 0.488 e. The highest BCUT2D eigenvalue weighted by molar-refractivity contribution is 5.40. The van der Waals surface area contributed by atoms with E-state index in [4.69, 9.17) is 4.74 Å². The Labute approximate surface area is 122 Å². The third-order valence-electron chi connectivity index (χ3n) is 4.67. The third-order valence-corrected chi connectivity index (χ3v) is 4.67. The molecule has 1 N–H and O–H groups in total. The first kappa shape index (κ1) is 13.9. The molecule has 3 nitrogen and oxygen atoms in total. The molecule has 2 aliphatic rings. The molecule has 0 saturated carbocycles. The normalized spacial score (nSPS) is 30.1. The number of benzene rings is 1. The smallest absolute Gasteiger partial charge is 0.123 e. The van der Waals surface area contributed by atoms with Gasteiger partial charge in [-0.3, -0.25) is 4.90 Å². The summed E-state index contributed by atoms with van der Waals surface area (Å²) in [6.45, 7) is 10.0. The fraction of sp³-hybridized carbons (Fsp3) is 0.647. The first-order valence-corrected chi connectivity index (χ1v) is 7.89. The molecule has 0 aromatic heterocycles. The molecule has 2 aliphatic heterocycles. The zero-order chi connectivity index (χ0) is 14.1. The molecule has 0 aliphatic carbocycles. The van der Waals surface area contributed by atoms with Crippen molar-refractivity contribution >= 4 is 0 Å². The molecule has 0 radical (unpaired) electrons. The van der Waals surface area contributed by atoms with Crippen molar-refractivity contribution in [3.05, 3.63) is 29.3 Å². The van der Waals surface area contributed by atoms with E-state index in [0.717, 1.165) is 31.8 Å². The van der Waals surface area contributed by atoms with Crippen LogP contribution < -0.4 is 10.1 Å². The molecule has 0 bridgehead atoms. The second-order valence-electron chi connectivity index (χ2n) is 6.37. The number of nitrogens with one attached hydrogen (secondary N) is 1. The van der Waals surface area contributed by atoms with Crippen molar-refractivity contribution in [2.45, 2.75) is 51.8 Å². The van der Waals surface area contributed by atoms with Gasteiger partial charge in [-0.1, -0.05) is 24.6 Å². The topological polar surface area (TPSA) is 24.5 Å². The number of rotatable bonds is 3. The Morgan fingerprint density at radius 3 is 3.05 bits per heavy atom. The second-order valence-corrected chi connectivity index (χ2v) is 6.37. The van der Waals surface area contributed by atoms with E-state index in [0.29, 0.717) is 18.2 Å². The van der Waals surface area contributed by atoms with Crippen molar-refractivity contribution in [2.24, 2.45) is 0 Å². The highest BCUT2D eigenvalue weighted by Crippen LogP contribution is 2.30. The SMILES string of the molecule is CCC1CN(CC2Cc3cc(C)ccc3O2)C(C)CN1. The fourth-order valence-corrected chi connectivity index (χ4v) is 3.33. The van der Waals surface area contributed by atoms with Gasteiger partial charge >= 0.3 is 0 Å². The van der Waals surface area contributed by atoms with E-state index < -0.39 is 0 Å². The maximum atomic E-state index is 6.12. The monoisotopic (exact) mass is 274 g/mol. The molecule has 3 unspecified atom stereocenters. The van der Waals surface area contributed by atoms with Gasteiger partial charge in [-0.2, -0.15) is 0 Å². The van der Waals surface area contributed by atoms with Gasteiger partial charge < -0.3 is 10.1 Å². The number of aryl methyl sites for hydroxylation is 1. The van der Waals surface area contributed by atoms with Gasteiger partial charge in [-0.25, -0.2) is 0 Å². The van der Waals surface area contributed by atoms with Crippen LogP contribution in [-0.4, -0.2) is 42.7 Å². The zero-order valence-corrected chi connectivity index (χ0v) is 12.9. The van der Waals surface area contributed by atoms with Gasteiger partial charge in [0.25, 0.3) is 0 Å². The van der Waals surface area contributed by atoms with E-state index >= 15 is 0 Å². The number of hydrogen-bond donors (Lipinski definition) is 1. The third kappa shape index (κ3) is 2.84. The highest BCUT2D eigenvalue weighted by Gasteiger charge is 2.30. The number of hydrogen-bond acceptors (Lipinski definition) is 3. The van der Waals surface area contributed by atoms with Crippen molar-refractivity contribution in [3.8, 4) is 5.75 Å². The minimum atomic E-state index is 0.324. The molecule has 0 spiro atoms. The maximum absolute atomic E-state index is 6.12. The zero-order valence-electron chi connectivity index (χ0n) is 12.9. The molecule has 0 amide bonds. The molecular formula is C17H26N2O. The van der Waals surface area contributed by atoms with Gasteiger partial charge in [0.2, 0.25) is 0 Å². The molecule has 1 fully saturated rings. The van der Waals surface area contributed by atoms with E-state index in [9.17, 15) is 0 Å². The van der Waals surface area contributed by atoms with E-state index in [-0.39, 0.29) is 0 Å². The number of fused-ring (bicyclic) bond motifs is 1. The lowest BCUT2D eigenvalue weighted by Crippen LogP contribution is -2.57. The lowest BCUT2D eigenvalue weighted by Gasteiger charge is -2.39. The van der Waals surface area contributed by atoms with Crippen molar-refractivity contribution in [3.63, 3.8) is 0 Å². The molecule has 1 saturated heterocycles. The number of piperazine rings is 1. The van der Waals surface area contributed by atoms with Crippen molar-refractivity contribution in [2.75, 3.05) is 19.6 Å². The van der Waals surface area contributed by atoms with E-state index in [1.807, 2.05) is 0 Å². The molecule has 110 valence electrons. The highest BCUT2D eigenvalue weighted by atomic mass is 16.5. The van der Waals surface area contributed by atoms with Gasteiger partial charge in [-0.05, 0) is 31.9 Å². The molecule has 1 aromatic rings. The second kappa shape index (κ2) is 5.74. The summed E-state index contributed by atoms with van der Waals surface area (Å²) in [5.74, 6) is 1.09. The average molecular weight is 274 g/mol. The van der Waals surface area contributed by atoms with Crippen LogP contribution in [0.15, 0.2) is 18.2 Å². The Hall–Kier alpha value is -1.06. The quantitative estimate of drug-likeness (QED) is 0.916. The lowest BCUT2D eigenvalue weighted by atomic mass is 10.0. The van der Waals surface area contributed by atoms with Crippen LogP contribution in [0.3, 0.4) is 0 Å². The standard InChI is InChI=1S/C17H26N2O/c1-4-15-10-19(13(3)9-18-15)11-16-8-14-7-12(2)5-6-17(14)20-16/h5-7,13,15-16,18H,4,8-11H2,1-3H3. The summed E-state index contributed by atoms with van der Waals surface area (Å²) in [5, 5.41) is 3.62. The number of ether oxygens (including phenoxy) is 1. The predicted molar refractivity (Wildman–Crippen MR) is 82.4 cm³/mol. The summed E-state index contributed by atoms with van der Waals surface area (Å²) in [7, 11) is 0. The van der Waals surface area contributed by atoms with Gasteiger partial charge in [0, 0.05) is 38.1 Å². The van der Waals surface area contributed by atoms with Crippen LogP contribution in [0, 0.1) is 6.92 Å². The average Bonchev–Trinajstić information content (AvgIpc) is 2.82. The van der Waals surface area contributed by atoms with Crippen LogP contribution in [0.4, 0.5) is 0 Å². The molecule has 20 heavy (non-hydrogen) atoms. The van der Waals surface area contributed by atoms with Crippen LogP contribution in [0.1, 0.15) is 31.4 Å². The van der Waals surface area contributed by atoms with Crippen molar-refractivity contribution < 1.29 is 4.74 Å². The Morgan fingerprint density at radius 2 is 2.25 bits per heavy atom. The Morgan fingerprint density at radius 1 is 1.40 bits per heavy atom. The predicted octanol–water partition coefficient (Wildman–Crippen LogP) is 2.37.